The molecule has 0 spiro atoms. The summed E-state index contributed by atoms with van der Waals surface area (Å²) in [6.45, 7) is 5.65. The molecule has 0 radical (unpaired) electrons. The summed E-state index contributed by atoms with van der Waals surface area (Å²) in [4.78, 5) is 12.6. The van der Waals surface area contributed by atoms with Crippen molar-refractivity contribution >= 4 is 5.97 Å². The van der Waals surface area contributed by atoms with Gasteiger partial charge in [-0.15, -0.1) is 0 Å². The minimum absolute atomic E-state index is 0.00461. The van der Waals surface area contributed by atoms with E-state index < -0.39 is 5.97 Å². The minimum atomic E-state index is -0.837. The van der Waals surface area contributed by atoms with E-state index in [0.717, 1.165) is 5.69 Å². The van der Waals surface area contributed by atoms with Crippen molar-refractivity contribution < 1.29 is 19.2 Å². The van der Waals surface area contributed by atoms with Gasteiger partial charge in [0.1, 0.15) is 6.61 Å². The zero-order valence-electron chi connectivity index (χ0n) is 11.0. The summed E-state index contributed by atoms with van der Waals surface area (Å²) in [5, 5.41) is 12.8. The van der Waals surface area contributed by atoms with Gasteiger partial charge in [0.25, 0.3) is 0 Å². The Kier molecular flexibility index (Phi) is 5.80. The van der Waals surface area contributed by atoms with Gasteiger partial charge < -0.3 is 14.4 Å². The highest BCUT2D eigenvalue weighted by Gasteiger charge is 2.14. The Morgan fingerprint density at radius 2 is 2.33 bits per heavy atom. The number of methoxy groups -OCH3 is 1. The topological polar surface area (TPSA) is 75.8 Å². The highest BCUT2D eigenvalue weighted by molar-refractivity contribution is 5.69. The number of hydrogen-bond acceptors (Lipinski definition) is 5. The number of carboxylic acids is 1. The van der Waals surface area contributed by atoms with Gasteiger partial charge in [0.15, 0.2) is 5.76 Å². The second kappa shape index (κ2) is 7.13. The zero-order chi connectivity index (χ0) is 13.5. The van der Waals surface area contributed by atoms with Crippen molar-refractivity contribution in [3.05, 3.63) is 17.5 Å². The van der Waals surface area contributed by atoms with E-state index >= 15 is 0 Å². The van der Waals surface area contributed by atoms with Crippen LogP contribution in [0.4, 0.5) is 0 Å². The summed E-state index contributed by atoms with van der Waals surface area (Å²) in [6, 6.07) is 1.79. The van der Waals surface area contributed by atoms with Gasteiger partial charge in [0.05, 0.1) is 12.2 Å². The predicted molar refractivity (Wildman–Crippen MR) is 65.0 cm³/mol. The van der Waals surface area contributed by atoms with Crippen LogP contribution in [-0.4, -0.2) is 41.3 Å². The number of carbonyl (C=O) groups is 1. The lowest BCUT2D eigenvalue weighted by Gasteiger charge is -2.20. The van der Waals surface area contributed by atoms with Crippen molar-refractivity contribution in [1.82, 2.24) is 10.1 Å². The summed E-state index contributed by atoms with van der Waals surface area (Å²) in [5.74, 6) is 0.207. The number of aliphatic carboxylic acids is 1. The maximum absolute atomic E-state index is 10.8. The van der Waals surface area contributed by atoms with Crippen LogP contribution in [0.25, 0.3) is 0 Å². The van der Waals surface area contributed by atoms with E-state index in [1.165, 1.54) is 0 Å². The molecule has 0 fully saturated rings. The van der Waals surface area contributed by atoms with Crippen LogP contribution in [0.3, 0.4) is 0 Å². The number of ether oxygens (including phenoxy) is 1. The van der Waals surface area contributed by atoms with E-state index in [0.29, 0.717) is 31.4 Å². The van der Waals surface area contributed by atoms with Gasteiger partial charge in [-0.3, -0.25) is 9.69 Å². The number of aromatic nitrogens is 1. The third-order valence-electron chi connectivity index (χ3n) is 2.26. The van der Waals surface area contributed by atoms with Gasteiger partial charge in [-0.05, 0) is 5.92 Å². The largest absolute Gasteiger partial charge is 0.480 e. The highest BCUT2D eigenvalue weighted by atomic mass is 16.5. The van der Waals surface area contributed by atoms with Gasteiger partial charge in [0.2, 0.25) is 0 Å². The first kappa shape index (κ1) is 14.7. The van der Waals surface area contributed by atoms with E-state index in [2.05, 4.69) is 5.16 Å². The van der Waals surface area contributed by atoms with E-state index in [-0.39, 0.29) is 6.54 Å². The molecule has 18 heavy (non-hydrogen) atoms. The number of hydrogen-bond donors (Lipinski definition) is 1. The lowest BCUT2D eigenvalue weighted by atomic mass is 10.2. The average Bonchev–Trinajstić information content (AvgIpc) is 2.64. The van der Waals surface area contributed by atoms with Crippen molar-refractivity contribution in [1.29, 1.82) is 0 Å². The standard InChI is InChI=1S/C12H20N2O4/c1-9(2)5-14(7-12(15)16)6-10-4-11(8-17-3)18-13-10/h4,9H,5-8H2,1-3H3,(H,15,16). The molecule has 1 N–H and O–H groups in total. The second-order valence-electron chi connectivity index (χ2n) is 4.67. The fourth-order valence-corrected chi connectivity index (χ4v) is 1.76. The fourth-order valence-electron chi connectivity index (χ4n) is 1.76. The maximum Gasteiger partial charge on any atom is 0.317 e. The SMILES string of the molecule is COCc1cc(CN(CC(=O)O)CC(C)C)no1. The Hall–Kier alpha value is -1.40. The summed E-state index contributed by atoms with van der Waals surface area (Å²) in [7, 11) is 1.58. The second-order valence-corrected chi connectivity index (χ2v) is 4.67. The normalized spacial score (nSPS) is 11.4. The molecule has 0 aliphatic rings. The molecule has 1 heterocycles. The number of rotatable bonds is 8. The lowest BCUT2D eigenvalue weighted by Crippen LogP contribution is -2.32. The van der Waals surface area contributed by atoms with Crippen molar-refractivity contribution in [2.24, 2.45) is 5.92 Å². The number of nitrogens with zero attached hydrogens (tertiary/aromatic N) is 2. The molecule has 1 aromatic rings. The molecule has 0 saturated carbocycles. The van der Waals surface area contributed by atoms with Gasteiger partial charge in [-0.25, -0.2) is 0 Å². The highest BCUT2D eigenvalue weighted by Crippen LogP contribution is 2.09. The van der Waals surface area contributed by atoms with Gasteiger partial charge in [-0.2, -0.15) is 0 Å². The predicted octanol–water partition coefficient (Wildman–Crippen LogP) is 1.36. The lowest BCUT2D eigenvalue weighted by molar-refractivity contribution is -0.138. The first-order valence-corrected chi connectivity index (χ1v) is 5.88. The third kappa shape index (κ3) is 5.29. The van der Waals surface area contributed by atoms with Gasteiger partial charge in [0, 0.05) is 26.3 Å². The van der Waals surface area contributed by atoms with Crippen LogP contribution < -0.4 is 0 Å². The van der Waals surface area contributed by atoms with Crippen LogP contribution in [0.15, 0.2) is 10.6 Å². The zero-order valence-corrected chi connectivity index (χ0v) is 11.0. The molecule has 6 heteroatoms. The first-order valence-electron chi connectivity index (χ1n) is 5.88. The van der Waals surface area contributed by atoms with Crippen LogP contribution >= 0.6 is 0 Å². The molecule has 0 aliphatic heterocycles. The van der Waals surface area contributed by atoms with Crippen LogP contribution in [0.5, 0.6) is 0 Å². The third-order valence-corrected chi connectivity index (χ3v) is 2.26. The van der Waals surface area contributed by atoms with Crippen molar-refractivity contribution in [3.8, 4) is 0 Å². The Morgan fingerprint density at radius 3 is 2.89 bits per heavy atom. The Balaban J connectivity index is 2.59. The van der Waals surface area contributed by atoms with Crippen molar-refractivity contribution in [3.63, 3.8) is 0 Å². The smallest absolute Gasteiger partial charge is 0.317 e. The van der Waals surface area contributed by atoms with Crippen molar-refractivity contribution in [2.75, 3.05) is 20.2 Å². The molecule has 0 unspecified atom stereocenters. The number of carboxylic acid groups (broad SMARTS) is 1. The van der Waals surface area contributed by atoms with Crippen LogP contribution in [-0.2, 0) is 22.7 Å². The molecule has 0 saturated heterocycles. The Morgan fingerprint density at radius 1 is 1.61 bits per heavy atom. The molecular weight excluding hydrogens is 236 g/mol. The molecule has 0 amide bonds. The quantitative estimate of drug-likeness (QED) is 0.757. The Labute approximate surface area is 107 Å². The van der Waals surface area contributed by atoms with E-state index in [1.54, 1.807) is 13.2 Å². The molecular formula is C12H20N2O4. The fraction of sp³-hybridized carbons (Fsp3) is 0.667. The first-order chi connectivity index (χ1) is 8.51. The maximum atomic E-state index is 10.8. The van der Waals surface area contributed by atoms with E-state index in [1.807, 2.05) is 18.7 Å². The summed E-state index contributed by atoms with van der Waals surface area (Å²) >= 11 is 0. The molecule has 6 nitrogen and oxygen atoms in total. The minimum Gasteiger partial charge on any atom is -0.480 e. The monoisotopic (exact) mass is 256 g/mol. The summed E-state index contributed by atoms with van der Waals surface area (Å²) < 4.78 is 10.0. The molecule has 1 aromatic heterocycles. The van der Waals surface area contributed by atoms with E-state index in [4.69, 9.17) is 14.4 Å². The Bertz CT molecular complexity index is 376. The summed E-state index contributed by atoms with van der Waals surface area (Å²) in [6.07, 6.45) is 0. The van der Waals surface area contributed by atoms with Crippen LogP contribution in [0.1, 0.15) is 25.3 Å². The summed E-state index contributed by atoms with van der Waals surface area (Å²) in [5.41, 5.74) is 0.726. The van der Waals surface area contributed by atoms with Crippen LogP contribution in [0.2, 0.25) is 0 Å². The molecule has 1 rings (SSSR count). The molecule has 0 aromatic carbocycles. The molecule has 0 aliphatic carbocycles. The van der Waals surface area contributed by atoms with Gasteiger partial charge in [-0.1, -0.05) is 19.0 Å². The van der Waals surface area contributed by atoms with Crippen LogP contribution in [0, 0.1) is 5.92 Å². The van der Waals surface area contributed by atoms with Gasteiger partial charge >= 0.3 is 5.97 Å². The molecule has 0 atom stereocenters. The molecule has 0 bridgehead atoms. The van der Waals surface area contributed by atoms with Crippen molar-refractivity contribution in [2.45, 2.75) is 27.0 Å². The van der Waals surface area contributed by atoms with E-state index in [9.17, 15) is 4.79 Å². The molecule has 102 valence electrons. The average molecular weight is 256 g/mol.